The van der Waals surface area contributed by atoms with E-state index in [4.69, 9.17) is 16.3 Å². The van der Waals surface area contributed by atoms with E-state index in [0.29, 0.717) is 10.8 Å². The van der Waals surface area contributed by atoms with E-state index in [1.54, 1.807) is 18.4 Å². The molecule has 0 amide bonds. The van der Waals surface area contributed by atoms with Crippen LogP contribution in [-0.4, -0.2) is 7.11 Å². The summed E-state index contributed by atoms with van der Waals surface area (Å²) in [5.74, 6) is 0.699. The number of hydrogen-bond donors (Lipinski definition) is 1. The summed E-state index contributed by atoms with van der Waals surface area (Å²) in [4.78, 5) is 1.34. The Hall–Kier alpha value is -1.19. The van der Waals surface area contributed by atoms with Gasteiger partial charge < -0.3 is 10.1 Å². The van der Waals surface area contributed by atoms with Crippen LogP contribution in [-0.2, 0) is 6.54 Å². The Bertz CT molecular complexity index is 510. The highest BCUT2D eigenvalue weighted by atomic mass is 35.5. The van der Waals surface area contributed by atoms with Gasteiger partial charge in [0.1, 0.15) is 5.75 Å². The number of nitrogens with one attached hydrogen (secondary N) is 1. The fourth-order valence-corrected chi connectivity index (χ4v) is 2.65. The maximum Gasteiger partial charge on any atom is 0.137 e. The van der Waals surface area contributed by atoms with Crippen LogP contribution in [0.5, 0.6) is 5.75 Å². The number of methoxy groups -OCH3 is 1. The standard InChI is InChI=1S/C13H14ClNOS/c1-9-5-6-17-13(9)8-15-10-3-4-12(16-2)11(14)7-10/h3-7,15H,8H2,1-2H3. The fourth-order valence-electron chi connectivity index (χ4n) is 1.54. The van der Waals surface area contributed by atoms with Crippen LogP contribution in [0, 0.1) is 6.92 Å². The number of rotatable bonds is 4. The molecule has 0 fully saturated rings. The molecule has 2 nitrogen and oxygen atoms in total. The van der Waals surface area contributed by atoms with E-state index in [9.17, 15) is 0 Å². The van der Waals surface area contributed by atoms with Crippen molar-refractivity contribution in [3.8, 4) is 5.75 Å². The van der Waals surface area contributed by atoms with Crippen molar-refractivity contribution in [2.24, 2.45) is 0 Å². The number of halogens is 1. The second-order valence-electron chi connectivity index (χ2n) is 3.73. The van der Waals surface area contributed by atoms with E-state index in [0.717, 1.165) is 12.2 Å². The van der Waals surface area contributed by atoms with E-state index < -0.39 is 0 Å². The summed E-state index contributed by atoms with van der Waals surface area (Å²) in [6, 6.07) is 7.84. The maximum atomic E-state index is 6.06. The van der Waals surface area contributed by atoms with Crippen LogP contribution < -0.4 is 10.1 Å². The average molecular weight is 268 g/mol. The SMILES string of the molecule is COc1ccc(NCc2sccc2C)cc1Cl. The second-order valence-corrected chi connectivity index (χ2v) is 5.14. The van der Waals surface area contributed by atoms with Crippen LogP contribution in [0.1, 0.15) is 10.4 Å². The van der Waals surface area contributed by atoms with Crippen LogP contribution in [0.2, 0.25) is 5.02 Å². The summed E-state index contributed by atoms with van der Waals surface area (Å²) in [6.07, 6.45) is 0. The van der Waals surface area contributed by atoms with Gasteiger partial charge in [-0.2, -0.15) is 0 Å². The van der Waals surface area contributed by atoms with Gasteiger partial charge in [0.25, 0.3) is 0 Å². The summed E-state index contributed by atoms with van der Waals surface area (Å²) in [6.45, 7) is 2.95. The number of anilines is 1. The molecule has 0 radical (unpaired) electrons. The van der Waals surface area contributed by atoms with Gasteiger partial charge in [-0.25, -0.2) is 0 Å². The molecule has 0 aliphatic rings. The first kappa shape index (κ1) is 12.3. The Labute approximate surface area is 110 Å². The molecule has 17 heavy (non-hydrogen) atoms. The van der Waals surface area contributed by atoms with Crippen molar-refractivity contribution in [1.29, 1.82) is 0 Å². The Kier molecular flexibility index (Phi) is 3.92. The first-order valence-electron chi connectivity index (χ1n) is 5.31. The van der Waals surface area contributed by atoms with E-state index >= 15 is 0 Å². The van der Waals surface area contributed by atoms with Crippen LogP contribution in [0.25, 0.3) is 0 Å². The lowest BCUT2D eigenvalue weighted by atomic mass is 10.2. The largest absolute Gasteiger partial charge is 0.495 e. The van der Waals surface area contributed by atoms with Gasteiger partial charge in [-0.15, -0.1) is 11.3 Å². The molecule has 0 bridgehead atoms. The maximum absolute atomic E-state index is 6.06. The van der Waals surface area contributed by atoms with E-state index in [2.05, 4.69) is 23.7 Å². The summed E-state index contributed by atoms with van der Waals surface area (Å²) >= 11 is 7.82. The lowest BCUT2D eigenvalue weighted by molar-refractivity contribution is 0.415. The fraction of sp³-hybridized carbons (Fsp3) is 0.231. The highest BCUT2D eigenvalue weighted by Gasteiger charge is 2.03. The molecule has 90 valence electrons. The van der Waals surface area contributed by atoms with Gasteiger partial charge in [-0.1, -0.05) is 11.6 Å². The zero-order chi connectivity index (χ0) is 12.3. The van der Waals surface area contributed by atoms with Gasteiger partial charge in [0.15, 0.2) is 0 Å². The lowest BCUT2D eigenvalue weighted by Gasteiger charge is -2.08. The molecule has 1 N–H and O–H groups in total. The summed E-state index contributed by atoms with van der Waals surface area (Å²) < 4.78 is 5.11. The minimum absolute atomic E-state index is 0.625. The Morgan fingerprint density at radius 3 is 2.76 bits per heavy atom. The van der Waals surface area contributed by atoms with Gasteiger partial charge in [-0.05, 0) is 42.1 Å². The van der Waals surface area contributed by atoms with Crippen molar-refractivity contribution in [2.45, 2.75) is 13.5 Å². The van der Waals surface area contributed by atoms with Gasteiger partial charge in [0.05, 0.1) is 12.1 Å². The van der Waals surface area contributed by atoms with Crippen LogP contribution in [0.3, 0.4) is 0 Å². The zero-order valence-electron chi connectivity index (χ0n) is 9.79. The molecule has 0 atom stereocenters. The molecule has 0 saturated carbocycles. The number of thiophene rings is 1. The molecular weight excluding hydrogens is 254 g/mol. The smallest absolute Gasteiger partial charge is 0.137 e. The number of ether oxygens (including phenoxy) is 1. The van der Waals surface area contributed by atoms with Crippen LogP contribution in [0.4, 0.5) is 5.69 Å². The van der Waals surface area contributed by atoms with Gasteiger partial charge in [-0.3, -0.25) is 0 Å². The molecular formula is C13H14ClNOS. The van der Waals surface area contributed by atoms with Crippen molar-refractivity contribution in [3.05, 3.63) is 45.1 Å². The second kappa shape index (κ2) is 5.43. The Balaban J connectivity index is 2.05. The van der Waals surface area contributed by atoms with Crippen molar-refractivity contribution in [2.75, 3.05) is 12.4 Å². The predicted octanol–water partition coefficient (Wildman–Crippen LogP) is 4.33. The molecule has 2 aromatic rings. The molecule has 0 spiro atoms. The zero-order valence-corrected chi connectivity index (χ0v) is 11.4. The first-order valence-corrected chi connectivity index (χ1v) is 6.57. The Morgan fingerprint density at radius 2 is 2.18 bits per heavy atom. The monoisotopic (exact) mass is 267 g/mol. The minimum atomic E-state index is 0.625. The van der Waals surface area contributed by atoms with E-state index in [1.807, 2.05) is 18.2 Å². The molecule has 1 heterocycles. The molecule has 2 rings (SSSR count). The minimum Gasteiger partial charge on any atom is -0.495 e. The quantitative estimate of drug-likeness (QED) is 0.890. The number of benzene rings is 1. The third-order valence-corrected chi connectivity index (χ3v) is 3.89. The third kappa shape index (κ3) is 2.93. The molecule has 1 aromatic heterocycles. The molecule has 1 aromatic carbocycles. The topological polar surface area (TPSA) is 21.3 Å². The summed E-state index contributed by atoms with van der Waals surface area (Å²) in [5.41, 5.74) is 2.32. The summed E-state index contributed by atoms with van der Waals surface area (Å²) in [5, 5.41) is 6.08. The number of aryl methyl sites for hydroxylation is 1. The normalized spacial score (nSPS) is 10.3. The average Bonchev–Trinajstić information content (AvgIpc) is 2.72. The molecule has 0 aliphatic carbocycles. The Morgan fingerprint density at radius 1 is 1.35 bits per heavy atom. The van der Waals surface area contributed by atoms with Crippen molar-refractivity contribution < 1.29 is 4.74 Å². The predicted molar refractivity (Wildman–Crippen MR) is 74.4 cm³/mol. The van der Waals surface area contributed by atoms with E-state index in [1.165, 1.54) is 10.4 Å². The summed E-state index contributed by atoms with van der Waals surface area (Å²) in [7, 11) is 1.61. The van der Waals surface area contributed by atoms with Gasteiger partial charge >= 0.3 is 0 Å². The van der Waals surface area contributed by atoms with E-state index in [-0.39, 0.29) is 0 Å². The van der Waals surface area contributed by atoms with Crippen LogP contribution in [0.15, 0.2) is 29.6 Å². The van der Waals surface area contributed by atoms with Crippen LogP contribution >= 0.6 is 22.9 Å². The molecule has 0 aliphatic heterocycles. The molecule has 0 unspecified atom stereocenters. The van der Waals surface area contributed by atoms with Crippen molar-refractivity contribution in [1.82, 2.24) is 0 Å². The lowest BCUT2D eigenvalue weighted by Crippen LogP contribution is -1.98. The molecule has 4 heteroatoms. The number of hydrogen-bond acceptors (Lipinski definition) is 3. The highest BCUT2D eigenvalue weighted by Crippen LogP contribution is 2.27. The van der Waals surface area contributed by atoms with Gasteiger partial charge in [0, 0.05) is 17.1 Å². The van der Waals surface area contributed by atoms with Crippen molar-refractivity contribution >= 4 is 28.6 Å². The first-order chi connectivity index (χ1) is 8.20. The third-order valence-electron chi connectivity index (χ3n) is 2.57. The molecule has 0 saturated heterocycles. The van der Waals surface area contributed by atoms with Gasteiger partial charge in [0.2, 0.25) is 0 Å². The highest BCUT2D eigenvalue weighted by molar-refractivity contribution is 7.10. The van der Waals surface area contributed by atoms with Crippen molar-refractivity contribution in [3.63, 3.8) is 0 Å².